The van der Waals surface area contributed by atoms with E-state index in [0.29, 0.717) is 17.4 Å². The molecule has 0 aliphatic rings. The number of amides is 1. The molecule has 33 heavy (non-hydrogen) atoms. The molecule has 2 heterocycles. The molecule has 0 saturated carbocycles. The van der Waals surface area contributed by atoms with Gasteiger partial charge in [0, 0.05) is 16.7 Å². The van der Waals surface area contributed by atoms with Gasteiger partial charge in [-0.05, 0) is 48.5 Å². The fourth-order valence-electron chi connectivity index (χ4n) is 3.02. The lowest BCUT2D eigenvalue weighted by Gasteiger charge is -2.10. The van der Waals surface area contributed by atoms with Crippen LogP contribution in [0.4, 0.5) is 5.69 Å². The zero-order valence-corrected chi connectivity index (χ0v) is 19.2. The summed E-state index contributed by atoms with van der Waals surface area (Å²) in [7, 11) is -3.57. The number of anilines is 1. The first-order valence-electron chi connectivity index (χ1n) is 10.2. The van der Waals surface area contributed by atoms with Gasteiger partial charge in [-0.25, -0.2) is 8.42 Å². The Hall–Kier alpha value is -3.72. The zero-order chi connectivity index (χ0) is 23.6. The van der Waals surface area contributed by atoms with E-state index in [9.17, 15) is 13.2 Å². The average molecular weight is 466 g/mol. The Kier molecular flexibility index (Phi) is 5.90. The van der Waals surface area contributed by atoms with Crippen LogP contribution < -0.4 is 5.32 Å². The van der Waals surface area contributed by atoms with E-state index in [1.807, 2.05) is 20.8 Å². The molecule has 8 nitrogen and oxygen atoms in total. The first-order chi connectivity index (χ1) is 15.6. The van der Waals surface area contributed by atoms with E-state index < -0.39 is 15.7 Å². The molecule has 0 bridgehead atoms. The number of nitrogens with zero attached hydrogens (tertiary/aromatic N) is 2. The van der Waals surface area contributed by atoms with Crippen LogP contribution >= 0.6 is 0 Å². The second kappa shape index (κ2) is 8.67. The van der Waals surface area contributed by atoms with Gasteiger partial charge in [0.2, 0.25) is 11.7 Å². The number of hydrogen-bond donors (Lipinski definition) is 1. The number of carbonyl (C=O) groups excluding carboxylic acids is 1. The van der Waals surface area contributed by atoms with Crippen molar-refractivity contribution in [3.05, 3.63) is 84.1 Å². The van der Waals surface area contributed by atoms with Crippen molar-refractivity contribution in [1.82, 2.24) is 10.1 Å². The minimum Gasteiger partial charge on any atom is -0.455 e. The van der Waals surface area contributed by atoms with Gasteiger partial charge in [-0.2, -0.15) is 4.98 Å². The van der Waals surface area contributed by atoms with Crippen molar-refractivity contribution in [2.75, 3.05) is 5.32 Å². The molecule has 9 heteroatoms. The fourth-order valence-corrected chi connectivity index (χ4v) is 4.28. The first kappa shape index (κ1) is 22.5. The summed E-state index contributed by atoms with van der Waals surface area (Å²) in [6.45, 7) is 5.96. The van der Waals surface area contributed by atoms with Crippen LogP contribution in [0.25, 0.3) is 11.4 Å². The third-order valence-electron chi connectivity index (χ3n) is 4.79. The van der Waals surface area contributed by atoms with Crippen LogP contribution in [0, 0.1) is 0 Å². The molecule has 2 aromatic carbocycles. The summed E-state index contributed by atoms with van der Waals surface area (Å²) in [4.78, 5) is 17.2. The minimum atomic E-state index is -3.57. The third-order valence-corrected chi connectivity index (χ3v) is 6.44. The lowest BCUT2D eigenvalue weighted by atomic mass is 9.97. The first-order valence-corrected chi connectivity index (χ1v) is 11.9. The maximum absolute atomic E-state index is 12.5. The summed E-state index contributed by atoms with van der Waals surface area (Å²) in [5, 5.41) is 6.74. The van der Waals surface area contributed by atoms with Gasteiger partial charge < -0.3 is 14.3 Å². The van der Waals surface area contributed by atoms with E-state index in [-0.39, 0.29) is 27.6 Å². The zero-order valence-electron chi connectivity index (χ0n) is 18.4. The van der Waals surface area contributed by atoms with Crippen LogP contribution in [0.2, 0.25) is 0 Å². The molecule has 0 saturated heterocycles. The lowest BCUT2D eigenvalue weighted by molar-refractivity contribution is 0.0995. The largest absolute Gasteiger partial charge is 0.455 e. The van der Waals surface area contributed by atoms with Crippen LogP contribution in [0.3, 0.4) is 0 Å². The van der Waals surface area contributed by atoms with Crippen molar-refractivity contribution in [3.8, 4) is 11.4 Å². The molecule has 0 aliphatic carbocycles. The molecular formula is C24H23N3O5S. The van der Waals surface area contributed by atoms with Gasteiger partial charge in [0.05, 0.1) is 4.90 Å². The van der Waals surface area contributed by atoms with Crippen molar-refractivity contribution >= 4 is 21.4 Å². The number of nitrogens with one attached hydrogen (secondary N) is 1. The molecule has 1 N–H and O–H groups in total. The Bertz CT molecular complexity index is 1370. The highest BCUT2D eigenvalue weighted by atomic mass is 32.2. The van der Waals surface area contributed by atoms with Gasteiger partial charge in [0.1, 0.15) is 11.5 Å². The molecule has 0 spiro atoms. The maximum atomic E-state index is 12.5. The van der Waals surface area contributed by atoms with Gasteiger partial charge in [-0.3, -0.25) is 4.79 Å². The van der Waals surface area contributed by atoms with Gasteiger partial charge in [-0.1, -0.05) is 44.1 Å². The highest BCUT2D eigenvalue weighted by Gasteiger charge is 2.22. The quantitative estimate of drug-likeness (QED) is 0.433. The van der Waals surface area contributed by atoms with Crippen LogP contribution in [0.5, 0.6) is 0 Å². The van der Waals surface area contributed by atoms with Crippen molar-refractivity contribution in [2.45, 2.75) is 36.8 Å². The highest BCUT2D eigenvalue weighted by Crippen LogP contribution is 2.25. The number of aromatic nitrogens is 2. The molecule has 0 fully saturated rings. The average Bonchev–Trinajstić information content (AvgIpc) is 3.45. The number of sulfone groups is 1. The van der Waals surface area contributed by atoms with Gasteiger partial charge in [0.15, 0.2) is 15.6 Å². The molecule has 2 aromatic heterocycles. The normalized spacial score (nSPS) is 12.0. The Balaban J connectivity index is 1.42. The Labute approximate surface area is 191 Å². The highest BCUT2D eigenvalue weighted by molar-refractivity contribution is 7.90. The van der Waals surface area contributed by atoms with E-state index >= 15 is 0 Å². The summed E-state index contributed by atoms with van der Waals surface area (Å²) in [5.41, 5.74) is 1.04. The SMILES string of the molecule is CC(C)(C)c1nc(-c2ccc(NC(=O)c3ccc(CS(=O)(=O)c4ccccc4)o3)cc2)no1. The smallest absolute Gasteiger partial charge is 0.291 e. The summed E-state index contributed by atoms with van der Waals surface area (Å²) >= 11 is 0. The standard InChI is InChI=1S/C24H23N3O5S/c1-24(2,3)23-26-21(27-32-23)16-9-11-17(12-10-16)25-22(28)20-14-13-18(31-20)15-33(29,30)19-7-5-4-6-8-19/h4-14H,15H2,1-3H3,(H,25,28). The number of hydrogen-bond acceptors (Lipinski definition) is 7. The molecule has 170 valence electrons. The van der Waals surface area contributed by atoms with Crippen LogP contribution in [0.15, 0.2) is 80.6 Å². The van der Waals surface area contributed by atoms with Crippen molar-refractivity contribution in [3.63, 3.8) is 0 Å². The lowest BCUT2D eigenvalue weighted by Crippen LogP contribution is -2.11. The third kappa shape index (κ3) is 5.20. The van der Waals surface area contributed by atoms with Gasteiger partial charge in [-0.15, -0.1) is 0 Å². The summed E-state index contributed by atoms with van der Waals surface area (Å²) in [6, 6.07) is 18.0. The number of rotatable bonds is 6. The molecule has 1 amide bonds. The van der Waals surface area contributed by atoms with E-state index in [1.54, 1.807) is 42.5 Å². The number of furan rings is 1. The van der Waals surface area contributed by atoms with Crippen LogP contribution in [-0.4, -0.2) is 24.5 Å². The molecule has 0 unspecified atom stereocenters. The van der Waals surface area contributed by atoms with Crippen molar-refractivity contribution in [1.29, 1.82) is 0 Å². The van der Waals surface area contributed by atoms with E-state index in [4.69, 9.17) is 8.94 Å². The maximum Gasteiger partial charge on any atom is 0.291 e. The molecular weight excluding hydrogens is 442 g/mol. The molecule has 4 aromatic rings. The predicted octanol–water partition coefficient (Wildman–Crippen LogP) is 4.85. The van der Waals surface area contributed by atoms with Gasteiger partial charge in [0.25, 0.3) is 5.91 Å². The van der Waals surface area contributed by atoms with E-state index in [0.717, 1.165) is 5.56 Å². The molecule has 0 aliphatic heterocycles. The second-order valence-corrected chi connectivity index (χ2v) is 10.5. The molecule has 4 rings (SSSR count). The Morgan fingerprint density at radius 2 is 1.67 bits per heavy atom. The Morgan fingerprint density at radius 1 is 0.970 bits per heavy atom. The topological polar surface area (TPSA) is 115 Å². The van der Waals surface area contributed by atoms with Gasteiger partial charge >= 0.3 is 0 Å². The fraction of sp³-hybridized carbons (Fsp3) is 0.208. The second-order valence-electron chi connectivity index (χ2n) is 8.54. The summed E-state index contributed by atoms with van der Waals surface area (Å²) in [5.74, 6) is 0.392. The summed E-state index contributed by atoms with van der Waals surface area (Å²) in [6.07, 6.45) is 0. The Morgan fingerprint density at radius 3 is 2.30 bits per heavy atom. The molecule has 0 atom stereocenters. The van der Waals surface area contributed by atoms with Crippen LogP contribution in [-0.2, 0) is 21.0 Å². The van der Waals surface area contributed by atoms with Crippen molar-refractivity contribution < 1.29 is 22.2 Å². The molecule has 0 radical (unpaired) electrons. The summed E-state index contributed by atoms with van der Waals surface area (Å²) < 4.78 is 35.8. The van der Waals surface area contributed by atoms with E-state index in [2.05, 4.69) is 15.5 Å². The van der Waals surface area contributed by atoms with E-state index in [1.165, 1.54) is 24.3 Å². The van der Waals surface area contributed by atoms with Crippen LogP contribution in [0.1, 0.15) is 43.0 Å². The minimum absolute atomic E-state index is 0.0188. The van der Waals surface area contributed by atoms with Crippen molar-refractivity contribution in [2.24, 2.45) is 0 Å². The predicted molar refractivity (Wildman–Crippen MR) is 122 cm³/mol. The number of carbonyl (C=O) groups is 1. The monoisotopic (exact) mass is 465 g/mol. The number of benzene rings is 2.